The van der Waals surface area contributed by atoms with E-state index in [0.29, 0.717) is 17.9 Å². The van der Waals surface area contributed by atoms with Gasteiger partial charge in [-0.1, -0.05) is 12.1 Å². The highest BCUT2D eigenvalue weighted by molar-refractivity contribution is 6.07. The van der Waals surface area contributed by atoms with E-state index in [1.54, 1.807) is 30.3 Å². The molecule has 140 valence electrons. The molecule has 1 heterocycles. The lowest BCUT2D eigenvalue weighted by atomic mass is 10.0. The number of ketones is 1. The summed E-state index contributed by atoms with van der Waals surface area (Å²) in [5, 5.41) is 2.68. The minimum atomic E-state index is -0.177. The molecule has 2 aromatic carbocycles. The second-order valence-electron chi connectivity index (χ2n) is 6.52. The van der Waals surface area contributed by atoms with Gasteiger partial charge >= 0.3 is 0 Å². The maximum Gasteiger partial charge on any atom is 0.221 e. The Morgan fingerprint density at radius 1 is 1.30 bits per heavy atom. The molecule has 0 saturated heterocycles. The van der Waals surface area contributed by atoms with E-state index in [9.17, 15) is 9.59 Å². The smallest absolute Gasteiger partial charge is 0.221 e. The first-order chi connectivity index (χ1) is 13.0. The monoisotopic (exact) mass is 365 g/mol. The van der Waals surface area contributed by atoms with Crippen LogP contribution in [0.15, 0.2) is 42.5 Å². The van der Waals surface area contributed by atoms with Crippen molar-refractivity contribution in [3.63, 3.8) is 0 Å². The standard InChI is InChI=1S/C22H23NO4/c1-4-26-21-13-18-10-14(2)27-22(18)12-17(21)8-9-20(25)16-6-5-7-19(11-16)23-15(3)24/h5-9,11-14H,4,10H2,1-3H3,(H,23,24)/b9-8+/t14-/m0/s1. The fraction of sp³-hybridized carbons (Fsp3) is 0.273. The molecule has 0 spiro atoms. The molecule has 5 nitrogen and oxygen atoms in total. The molecule has 5 heteroatoms. The van der Waals surface area contributed by atoms with Crippen LogP contribution in [0.1, 0.15) is 42.3 Å². The van der Waals surface area contributed by atoms with Crippen LogP contribution in [0, 0.1) is 0 Å². The lowest BCUT2D eigenvalue weighted by Gasteiger charge is -2.10. The number of ether oxygens (including phenoxy) is 2. The Bertz CT molecular complexity index is 901. The van der Waals surface area contributed by atoms with Gasteiger partial charge in [-0.05, 0) is 50.3 Å². The molecule has 1 aliphatic heterocycles. The summed E-state index contributed by atoms with van der Waals surface area (Å²) >= 11 is 0. The summed E-state index contributed by atoms with van der Waals surface area (Å²) in [6.45, 7) is 5.93. The summed E-state index contributed by atoms with van der Waals surface area (Å²) in [5.74, 6) is 1.25. The Labute approximate surface area is 159 Å². The van der Waals surface area contributed by atoms with Crippen molar-refractivity contribution in [1.29, 1.82) is 0 Å². The van der Waals surface area contributed by atoms with Gasteiger partial charge in [-0.25, -0.2) is 0 Å². The summed E-state index contributed by atoms with van der Waals surface area (Å²) in [6.07, 6.45) is 4.25. The van der Waals surface area contributed by atoms with Gasteiger partial charge in [0.05, 0.1) is 6.61 Å². The Balaban J connectivity index is 1.84. The van der Waals surface area contributed by atoms with Crippen molar-refractivity contribution in [3.05, 3.63) is 59.2 Å². The Kier molecular flexibility index (Phi) is 5.60. The maximum absolute atomic E-state index is 12.5. The largest absolute Gasteiger partial charge is 0.493 e. The van der Waals surface area contributed by atoms with Crippen LogP contribution in [0.3, 0.4) is 0 Å². The number of amides is 1. The molecule has 0 radical (unpaired) electrons. The molecule has 3 rings (SSSR count). The van der Waals surface area contributed by atoms with Gasteiger partial charge in [0.1, 0.15) is 17.6 Å². The molecular weight excluding hydrogens is 342 g/mol. The van der Waals surface area contributed by atoms with Gasteiger partial charge in [0, 0.05) is 35.7 Å². The third-order valence-corrected chi connectivity index (χ3v) is 4.21. The zero-order valence-corrected chi connectivity index (χ0v) is 15.7. The highest BCUT2D eigenvalue weighted by atomic mass is 16.5. The van der Waals surface area contributed by atoms with Gasteiger partial charge in [-0.15, -0.1) is 0 Å². The molecule has 0 unspecified atom stereocenters. The molecule has 0 bridgehead atoms. The predicted molar refractivity (Wildman–Crippen MR) is 106 cm³/mol. The predicted octanol–water partition coefficient (Wildman–Crippen LogP) is 4.26. The van der Waals surface area contributed by atoms with E-state index >= 15 is 0 Å². The number of fused-ring (bicyclic) bond motifs is 1. The number of hydrogen-bond donors (Lipinski definition) is 1. The number of anilines is 1. The molecule has 0 aromatic heterocycles. The number of carbonyl (C=O) groups excluding carboxylic acids is 2. The molecule has 1 amide bonds. The quantitative estimate of drug-likeness (QED) is 0.613. The van der Waals surface area contributed by atoms with E-state index in [-0.39, 0.29) is 17.8 Å². The average Bonchev–Trinajstić information content (AvgIpc) is 2.98. The number of allylic oxidation sites excluding steroid dienone is 1. The fourth-order valence-electron chi connectivity index (χ4n) is 3.08. The van der Waals surface area contributed by atoms with Crippen molar-refractivity contribution >= 4 is 23.5 Å². The molecule has 0 aliphatic carbocycles. The van der Waals surface area contributed by atoms with Crippen LogP contribution in [0.5, 0.6) is 11.5 Å². The average molecular weight is 365 g/mol. The van der Waals surface area contributed by atoms with Crippen LogP contribution < -0.4 is 14.8 Å². The SMILES string of the molecule is CCOc1cc2c(cc1/C=C/C(=O)c1cccc(NC(C)=O)c1)O[C@@H](C)C2. The van der Waals surface area contributed by atoms with Crippen molar-refractivity contribution in [3.8, 4) is 11.5 Å². The third-order valence-electron chi connectivity index (χ3n) is 4.21. The molecule has 1 N–H and O–H groups in total. The van der Waals surface area contributed by atoms with Gasteiger partial charge in [0.25, 0.3) is 0 Å². The van der Waals surface area contributed by atoms with E-state index < -0.39 is 0 Å². The molecule has 0 saturated carbocycles. The Morgan fingerprint density at radius 3 is 2.85 bits per heavy atom. The second-order valence-corrected chi connectivity index (χ2v) is 6.52. The van der Waals surface area contributed by atoms with Gasteiger partial charge in [0.2, 0.25) is 5.91 Å². The van der Waals surface area contributed by atoms with Crippen molar-refractivity contribution < 1.29 is 19.1 Å². The fourth-order valence-corrected chi connectivity index (χ4v) is 3.08. The van der Waals surface area contributed by atoms with E-state index in [1.807, 2.05) is 26.0 Å². The third kappa shape index (κ3) is 4.56. The summed E-state index contributed by atoms with van der Waals surface area (Å²) < 4.78 is 11.5. The first-order valence-electron chi connectivity index (χ1n) is 9.02. The van der Waals surface area contributed by atoms with Crippen LogP contribution in [0.2, 0.25) is 0 Å². The first kappa shape index (κ1) is 18.7. The molecular formula is C22H23NO4. The zero-order valence-electron chi connectivity index (χ0n) is 15.7. The number of nitrogens with one attached hydrogen (secondary N) is 1. The van der Waals surface area contributed by atoms with E-state index in [4.69, 9.17) is 9.47 Å². The van der Waals surface area contributed by atoms with Crippen molar-refractivity contribution in [1.82, 2.24) is 0 Å². The lowest BCUT2D eigenvalue weighted by Crippen LogP contribution is -2.06. The van der Waals surface area contributed by atoms with Crippen LogP contribution in [0.25, 0.3) is 6.08 Å². The van der Waals surface area contributed by atoms with Crippen molar-refractivity contribution in [2.75, 3.05) is 11.9 Å². The number of carbonyl (C=O) groups is 2. The maximum atomic E-state index is 12.5. The summed E-state index contributed by atoms with van der Waals surface area (Å²) in [5.41, 5.74) is 3.02. The van der Waals surface area contributed by atoms with Gasteiger partial charge < -0.3 is 14.8 Å². The lowest BCUT2D eigenvalue weighted by molar-refractivity contribution is -0.114. The normalized spacial score (nSPS) is 15.3. The molecule has 1 atom stereocenters. The van der Waals surface area contributed by atoms with Crippen LogP contribution in [-0.4, -0.2) is 24.4 Å². The van der Waals surface area contributed by atoms with Crippen molar-refractivity contribution in [2.45, 2.75) is 33.3 Å². The minimum Gasteiger partial charge on any atom is -0.493 e. The van der Waals surface area contributed by atoms with Crippen LogP contribution in [-0.2, 0) is 11.2 Å². The highest BCUT2D eigenvalue weighted by Gasteiger charge is 2.21. The van der Waals surface area contributed by atoms with Gasteiger partial charge in [0.15, 0.2) is 5.78 Å². The second kappa shape index (κ2) is 8.08. The molecule has 2 aromatic rings. The van der Waals surface area contributed by atoms with E-state index in [0.717, 1.165) is 29.0 Å². The molecule has 1 aliphatic rings. The Morgan fingerprint density at radius 2 is 2.11 bits per heavy atom. The summed E-state index contributed by atoms with van der Waals surface area (Å²) in [4.78, 5) is 23.7. The van der Waals surface area contributed by atoms with E-state index in [2.05, 4.69) is 5.32 Å². The van der Waals surface area contributed by atoms with Crippen LogP contribution in [0.4, 0.5) is 5.69 Å². The first-order valence-corrected chi connectivity index (χ1v) is 9.02. The Hall–Kier alpha value is -3.08. The highest BCUT2D eigenvalue weighted by Crippen LogP contribution is 2.35. The topological polar surface area (TPSA) is 64.6 Å². The zero-order chi connectivity index (χ0) is 19.4. The van der Waals surface area contributed by atoms with Gasteiger partial charge in [-0.3, -0.25) is 9.59 Å². The number of benzene rings is 2. The summed E-state index contributed by atoms with van der Waals surface area (Å²) in [7, 11) is 0. The summed E-state index contributed by atoms with van der Waals surface area (Å²) in [6, 6.07) is 10.8. The van der Waals surface area contributed by atoms with Crippen LogP contribution >= 0.6 is 0 Å². The number of hydrogen-bond acceptors (Lipinski definition) is 4. The molecule has 0 fully saturated rings. The van der Waals surface area contributed by atoms with E-state index in [1.165, 1.54) is 13.0 Å². The molecule has 27 heavy (non-hydrogen) atoms. The van der Waals surface area contributed by atoms with Gasteiger partial charge in [-0.2, -0.15) is 0 Å². The number of rotatable bonds is 6. The minimum absolute atomic E-state index is 0.145. The van der Waals surface area contributed by atoms with Crippen molar-refractivity contribution in [2.24, 2.45) is 0 Å².